The third kappa shape index (κ3) is 4.43. The fraction of sp³-hybridized carbons (Fsp3) is 0.333. The van der Waals surface area contributed by atoms with Crippen molar-refractivity contribution in [1.29, 1.82) is 0 Å². The van der Waals surface area contributed by atoms with Crippen molar-refractivity contribution >= 4 is 17.4 Å². The van der Waals surface area contributed by atoms with Crippen LogP contribution in [0, 0.1) is 40.5 Å². The average molecular weight is 482 g/mol. The van der Waals surface area contributed by atoms with Crippen LogP contribution in [0.15, 0.2) is 60.7 Å². The fourth-order valence-corrected chi connectivity index (χ4v) is 5.24. The Balaban J connectivity index is 1.43. The highest BCUT2D eigenvalue weighted by Crippen LogP contribution is 2.35. The molecule has 1 aliphatic heterocycles. The second kappa shape index (κ2) is 9.69. The van der Waals surface area contributed by atoms with E-state index >= 15 is 0 Å². The standard InChI is InChI=1S/C30H35N5O/c1-20-11-14-26(19-21(20)2)31-29(36)25-15-17-33(18-16-25)30-28(34-22(3)12-13-23(34)4)24(5)32-35(30)27-9-7-6-8-10-27/h6-14,19,25H,15-18H2,1-5H3,(H,31,36). The van der Waals surface area contributed by atoms with Gasteiger partial charge in [0.2, 0.25) is 5.91 Å². The van der Waals surface area contributed by atoms with Crippen molar-refractivity contribution in [1.82, 2.24) is 14.3 Å². The summed E-state index contributed by atoms with van der Waals surface area (Å²) in [5, 5.41) is 8.14. The first-order valence-electron chi connectivity index (χ1n) is 12.8. The molecule has 36 heavy (non-hydrogen) atoms. The summed E-state index contributed by atoms with van der Waals surface area (Å²) in [5.74, 6) is 1.20. The number of hydrogen-bond donors (Lipinski definition) is 1. The molecule has 4 aromatic rings. The number of rotatable bonds is 5. The summed E-state index contributed by atoms with van der Waals surface area (Å²) in [7, 11) is 0. The first-order chi connectivity index (χ1) is 17.3. The van der Waals surface area contributed by atoms with Gasteiger partial charge in [-0.3, -0.25) is 4.79 Å². The molecule has 0 bridgehead atoms. The van der Waals surface area contributed by atoms with E-state index in [1.165, 1.54) is 22.5 Å². The van der Waals surface area contributed by atoms with Gasteiger partial charge in [-0.1, -0.05) is 24.3 Å². The van der Waals surface area contributed by atoms with Crippen LogP contribution in [0.2, 0.25) is 0 Å². The highest BCUT2D eigenvalue weighted by molar-refractivity contribution is 5.92. The summed E-state index contributed by atoms with van der Waals surface area (Å²) < 4.78 is 4.37. The van der Waals surface area contributed by atoms with Crippen LogP contribution in [-0.4, -0.2) is 33.3 Å². The quantitative estimate of drug-likeness (QED) is 0.377. The van der Waals surface area contributed by atoms with E-state index in [0.717, 1.165) is 54.5 Å². The van der Waals surface area contributed by atoms with Gasteiger partial charge in [0.1, 0.15) is 5.69 Å². The van der Waals surface area contributed by atoms with E-state index in [2.05, 4.69) is 90.5 Å². The van der Waals surface area contributed by atoms with Crippen molar-refractivity contribution in [3.63, 3.8) is 0 Å². The van der Waals surface area contributed by atoms with Crippen molar-refractivity contribution in [2.24, 2.45) is 5.92 Å². The first kappa shape index (κ1) is 23.9. The number of nitrogens with zero attached hydrogens (tertiary/aromatic N) is 4. The molecule has 6 heteroatoms. The molecule has 1 aliphatic rings. The van der Waals surface area contributed by atoms with Gasteiger partial charge in [0.15, 0.2) is 5.82 Å². The van der Waals surface area contributed by atoms with Gasteiger partial charge in [-0.05, 0) is 95.0 Å². The van der Waals surface area contributed by atoms with Gasteiger partial charge >= 0.3 is 0 Å². The third-order valence-electron chi connectivity index (χ3n) is 7.44. The van der Waals surface area contributed by atoms with Crippen LogP contribution in [0.1, 0.15) is 41.1 Å². The van der Waals surface area contributed by atoms with Crippen LogP contribution >= 0.6 is 0 Å². The summed E-state index contributed by atoms with van der Waals surface area (Å²) in [4.78, 5) is 15.5. The second-order valence-corrected chi connectivity index (χ2v) is 10.0. The molecular weight excluding hydrogens is 446 g/mol. The van der Waals surface area contributed by atoms with Crippen LogP contribution in [0.5, 0.6) is 0 Å². The molecular formula is C30H35N5O. The second-order valence-electron chi connectivity index (χ2n) is 10.0. The van der Waals surface area contributed by atoms with Crippen LogP contribution in [0.4, 0.5) is 11.5 Å². The van der Waals surface area contributed by atoms with Gasteiger partial charge in [0.05, 0.1) is 11.4 Å². The Hall–Kier alpha value is -3.80. The van der Waals surface area contributed by atoms with E-state index in [9.17, 15) is 4.79 Å². The molecule has 5 rings (SSSR count). The van der Waals surface area contributed by atoms with Crippen molar-refractivity contribution < 1.29 is 4.79 Å². The largest absolute Gasteiger partial charge is 0.355 e. The van der Waals surface area contributed by atoms with Gasteiger partial charge < -0.3 is 14.8 Å². The number of benzene rings is 2. The summed E-state index contributed by atoms with van der Waals surface area (Å²) in [6.45, 7) is 12.1. The number of aryl methyl sites for hydroxylation is 5. The Morgan fingerprint density at radius 3 is 2.17 bits per heavy atom. The van der Waals surface area contributed by atoms with Gasteiger partial charge in [0, 0.05) is 36.1 Å². The predicted octanol–water partition coefficient (Wildman–Crippen LogP) is 6.06. The SMILES string of the molecule is Cc1ccc(NC(=O)C2CCN(c3c(-n4c(C)ccc4C)c(C)nn3-c3ccccc3)CC2)cc1C. The highest BCUT2D eigenvalue weighted by atomic mass is 16.1. The number of carbonyl (C=O) groups excluding carboxylic acids is 1. The molecule has 6 nitrogen and oxygen atoms in total. The summed E-state index contributed by atoms with van der Waals surface area (Å²) in [6, 6.07) is 20.7. The number of hydrogen-bond acceptors (Lipinski definition) is 3. The van der Waals surface area contributed by atoms with Crippen molar-refractivity contribution in [2.45, 2.75) is 47.5 Å². The Morgan fingerprint density at radius 2 is 1.53 bits per heavy atom. The van der Waals surface area contributed by atoms with Crippen molar-refractivity contribution in [2.75, 3.05) is 23.3 Å². The molecule has 2 aromatic carbocycles. The maximum absolute atomic E-state index is 13.1. The molecule has 0 spiro atoms. The topological polar surface area (TPSA) is 55.1 Å². The van der Waals surface area contributed by atoms with Gasteiger partial charge in [-0.2, -0.15) is 5.10 Å². The molecule has 1 fully saturated rings. The maximum atomic E-state index is 13.1. The number of para-hydroxylation sites is 1. The van der Waals surface area contributed by atoms with Gasteiger partial charge in [0.25, 0.3) is 0 Å². The molecule has 1 saturated heterocycles. The molecule has 0 radical (unpaired) electrons. The van der Waals surface area contributed by atoms with Crippen LogP contribution in [0.3, 0.4) is 0 Å². The lowest BCUT2D eigenvalue weighted by Gasteiger charge is -2.34. The smallest absolute Gasteiger partial charge is 0.227 e. The Morgan fingerprint density at radius 1 is 0.861 bits per heavy atom. The molecule has 0 unspecified atom stereocenters. The number of amides is 1. The van der Waals surface area contributed by atoms with E-state index in [1.54, 1.807) is 0 Å². The monoisotopic (exact) mass is 481 g/mol. The lowest BCUT2D eigenvalue weighted by atomic mass is 9.95. The number of aromatic nitrogens is 3. The summed E-state index contributed by atoms with van der Waals surface area (Å²) in [5.41, 5.74) is 8.83. The Labute approximate surface area is 213 Å². The number of anilines is 2. The van der Waals surface area contributed by atoms with E-state index in [-0.39, 0.29) is 11.8 Å². The number of nitrogens with one attached hydrogen (secondary N) is 1. The zero-order valence-corrected chi connectivity index (χ0v) is 21.9. The minimum Gasteiger partial charge on any atom is -0.355 e. The minimum atomic E-state index is -0.00412. The first-order valence-corrected chi connectivity index (χ1v) is 12.8. The number of carbonyl (C=O) groups is 1. The molecule has 1 N–H and O–H groups in total. The van der Waals surface area contributed by atoms with E-state index in [0.29, 0.717) is 0 Å². The van der Waals surface area contributed by atoms with E-state index in [4.69, 9.17) is 5.10 Å². The molecule has 1 amide bonds. The van der Waals surface area contributed by atoms with Crippen LogP contribution < -0.4 is 10.2 Å². The Kier molecular flexibility index (Phi) is 6.44. The molecule has 0 saturated carbocycles. The van der Waals surface area contributed by atoms with Gasteiger partial charge in [-0.25, -0.2) is 4.68 Å². The minimum absolute atomic E-state index is 0.00412. The zero-order valence-electron chi connectivity index (χ0n) is 21.9. The van der Waals surface area contributed by atoms with Crippen molar-refractivity contribution in [3.05, 3.63) is 88.9 Å². The molecule has 186 valence electrons. The highest BCUT2D eigenvalue weighted by Gasteiger charge is 2.30. The molecule has 2 aromatic heterocycles. The average Bonchev–Trinajstić information content (AvgIpc) is 3.39. The predicted molar refractivity (Wildman–Crippen MR) is 147 cm³/mol. The zero-order chi connectivity index (χ0) is 25.4. The van der Waals surface area contributed by atoms with Crippen LogP contribution in [0.25, 0.3) is 11.4 Å². The van der Waals surface area contributed by atoms with Gasteiger partial charge in [-0.15, -0.1) is 0 Å². The number of piperidine rings is 1. The van der Waals surface area contributed by atoms with E-state index in [1.807, 2.05) is 24.3 Å². The normalized spacial score (nSPS) is 14.3. The summed E-state index contributed by atoms with van der Waals surface area (Å²) >= 11 is 0. The lowest BCUT2D eigenvalue weighted by Crippen LogP contribution is -2.39. The van der Waals surface area contributed by atoms with Crippen molar-refractivity contribution in [3.8, 4) is 11.4 Å². The molecule has 0 aliphatic carbocycles. The van der Waals surface area contributed by atoms with E-state index < -0.39 is 0 Å². The third-order valence-corrected chi connectivity index (χ3v) is 7.44. The molecule has 3 heterocycles. The van der Waals surface area contributed by atoms with Crippen LogP contribution in [-0.2, 0) is 4.79 Å². The Bertz CT molecular complexity index is 1370. The summed E-state index contributed by atoms with van der Waals surface area (Å²) in [6.07, 6.45) is 1.61. The maximum Gasteiger partial charge on any atom is 0.227 e. The fourth-order valence-electron chi connectivity index (χ4n) is 5.24. The lowest BCUT2D eigenvalue weighted by molar-refractivity contribution is -0.120. The molecule has 0 atom stereocenters.